The van der Waals surface area contributed by atoms with Gasteiger partial charge in [0.2, 0.25) is 0 Å². The Balaban J connectivity index is -0.0000000152. The molecule has 0 spiro atoms. The normalized spacial score (nSPS) is 9.54. The molecule has 0 unspecified atom stereocenters. The molecule has 0 aromatic carbocycles. The maximum absolute atomic E-state index is 9.63. The summed E-state index contributed by atoms with van der Waals surface area (Å²) in [5.74, 6) is 0. The molecule has 0 aliphatic rings. The van der Waals surface area contributed by atoms with Crippen molar-refractivity contribution in [1.29, 1.82) is 0 Å². The van der Waals surface area contributed by atoms with Crippen LogP contribution >= 0.6 is 28.1 Å². The molecule has 0 aromatic heterocycles. The van der Waals surface area contributed by atoms with Crippen LogP contribution in [0.25, 0.3) is 0 Å². The molecule has 0 bridgehead atoms. The van der Waals surface area contributed by atoms with E-state index in [0.29, 0.717) is 0 Å². The van der Waals surface area contributed by atoms with Crippen molar-refractivity contribution >= 4 is 28.1 Å². The van der Waals surface area contributed by atoms with Crippen LogP contribution in [0, 0.1) is 0 Å². The summed E-state index contributed by atoms with van der Waals surface area (Å²) in [7, 11) is -10.1. The van der Waals surface area contributed by atoms with Gasteiger partial charge in [0.25, 0.3) is 0 Å². The van der Waals surface area contributed by atoms with E-state index in [0.717, 1.165) is 0 Å². The molecular formula is H8ClKNa2O7P2. The molecule has 13 heavy (non-hydrogen) atoms. The Labute approximate surface area is 172 Å². The van der Waals surface area contributed by atoms with Crippen LogP contribution in [-0.4, -0.2) is 19.6 Å². The van der Waals surface area contributed by atoms with Crippen molar-refractivity contribution in [2.45, 2.75) is 0 Å². The zero-order chi connectivity index (χ0) is 7.71. The Hall–Kier alpha value is 4.19. The van der Waals surface area contributed by atoms with Gasteiger partial charge in [0.1, 0.15) is 0 Å². The summed E-state index contributed by atoms with van der Waals surface area (Å²) < 4.78 is 22.2. The quantitative estimate of drug-likeness (QED) is 0.295. The van der Waals surface area contributed by atoms with Crippen molar-refractivity contribution in [3.63, 3.8) is 0 Å². The van der Waals surface area contributed by atoms with E-state index >= 15 is 0 Å². The van der Waals surface area contributed by atoms with E-state index in [1.54, 1.807) is 0 Å². The summed E-state index contributed by atoms with van der Waals surface area (Å²) in [6.45, 7) is 0. The maximum Gasteiger partial charge on any atom is 1.00 e. The zero-order valence-corrected chi connectivity index (χ0v) is 17.0. The first kappa shape index (κ1) is 30.3. The molecular weight excluding hydrogens is 294 g/mol. The van der Waals surface area contributed by atoms with Crippen LogP contribution in [0.3, 0.4) is 0 Å². The first-order valence-electron chi connectivity index (χ1n) is 1.53. The monoisotopic (exact) mass is 302 g/mol. The second-order valence-electron chi connectivity index (χ2n) is 1.06. The van der Waals surface area contributed by atoms with Crippen molar-refractivity contribution in [2.24, 2.45) is 0 Å². The van der Waals surface area contributed by atoms with Gasteiger partial charge < -0.3 is 23.9 Å². The van der Waals surface area contributed by atoms with Gasteiger partial charge in [-0.2, -0.15) is 4.31 Å². The maximum atomic E-state index is 9.63. The summed E-state index contributed by atoms with van der Waals surface area (Å²) >= 11 is 0. The van der Waals surface area contributed by atoms with E-state index in [2.05, 4.69) is 4.31 Å². The molecule has 0 aliphatic carbocycles. The van der Waals surface area contributed by atoms with Gasteiger partial charge in [-0.25, -0.2) is 9.13 Å². The Bertz CT molecular complexity index is 176. The Morgan fingerprint density at radius 1 is 0.923 bits per heavy atom. The van der Waals surface area contributed by atoms with Crippen LogP contribution in [-0.2, 0) is 13.4 Å². The third kappa shape index (κ3) is 31.4. The fourth-order valence-corrected chi connectivity index (χ4v) is 1.25. The summed E-state index contributed by atoms with van der Waals surface area (Å²) in [4.78, 5) is 31.0. The van der Waals surface area contributed by atoms with Gasteiger partial charge >= 0.3 is 126 Å². The minimum Gasteiger partial charge on any atom is -1.00 e. The smallest absolute Gasteiger partial charge is 1.00 e. The molecule has 0 fully saturated rings. The fourth-order valence-electron chi connectivity index (χ4n) is 0.139. The second kappa shape index (κ2) is 12.6. The van der Waals surface area contributed by atoms with Crippen LogP contribution in [0.15, 0.2) is 0 Å². The third-order valence-corrected chi connectivity index (χ3v) is 1.91. The number of halogens is 1. The molecule has 7 nitrogen and oxygen atoms in total. The van der Waals surface area contributed by atoms with E-state index in [4.69, 9.17) is 19.6 Å². The number of phosphoric acid groups is 2. The third-order valence-electron chi connectivity index (χ3n) is 0.213. The van der Waals surface area contributed by atoms with Crippen LogP contribution in [0.2, 0.25) is 0 Å². The predicted octanol–water partition coefficient (Wildman–Crippen LogP) is -9.04. The summed E-state index contributed by atoms with van der Waals surface area (Å²) in [5.41, 5.74) is 0. The van der Waals surface area contributed by atoms with Crippen LogP contribution in [0.1, 0.15) is 4.28 Å². The first-order chi connectivity index (χ1) is 3.71. The largest absolute Gasteiger partial charge is 1.00 e. The molecule has 0 rings (SSSR count). The molecule has 0 aromatic rings. The van der Waals surface area contributed by atoms with E-state index in [1.807, 2.05) is 0 Å². The standard InChI is InChI=1S/ClH.K.2Na.H4O7P2.3H/c;;;;1-8(2,3)7-9(4,5)6;;;/h1H;;;;(H2,1,2,3)(H2,4,5,6);;;/q;3*+1;;3*-1. The van der Waals surface area contributed by atoms with Crippen molar-refractivity contribution in [2.75, 3.05) is 0 Å². The topological polar surface area (TPSA) is 124 Å². The molecule has 0 saturated heterocycles. The summed E-state index contributed by atoms with van der Waals surface area (Å²) in [5, 5.41) is 0. The van der Waals surface area contributed by atoms with Crippen LogP contribution in [0.5, 0.6) is 0 Å². The number of hydrogen-bond acceptors (Lipinski definition) is 3. The molecule has 0 amide bonds. The van der Waals surface area contributed by atoms with E-state index in [-0.39, 0.29) is 127 Å². The van der Waals surface area contributed by atoms with E-state index in [1.165, 1.54) is 0 Å². The zero-order valence-electron chi connectivity index (χ0n) is 10.3. The first-order valence-corrected chi connectivity index (χ1v) is 4.59. The van der Waals surface area contributed by atoms with Crippen LogP contribution in [0.4, 0.5) is 0 Å². The molecule has 0 aliphatic heterocycles. The molecule has 0 saturated carbocycles. The Morgan fingerprint density at radius 2 is 1.08 bits per heavy atom. The summed E-state index contributed by atoms with van der Waals surface area (Å²) in [6, 6.07) is 0. The number of hydrogen-bond donors (Lipinski definition) is 4. The number of rotatable bonds is 2. The Morgan fingerprint density at radius 3 is 1.08 bits per heavy atom. The minimum atomic E-state index is -5.05. The van der Waals surface area contributed by atoms with Crippen molar-refractivity contribution in [1.82, 2.24) is 0 Å². The molecule has 70 valence electrons. The molecule has 13 heteroatoms. The molecule has 0 atom stereocenters. The molecule has 0 heterocycles. The van der Waals surface area contributed by atoms with Crippen molar-refractivity contribution < 1.29 is 148 Å². The molecule has 4 N–H and O–H groups in total. The van der Waals surface area contributed by atoms with Crippen molar-refractivity contribution in [3.05, 3.63) is 0 Å². The SMILES string of the molecule is Cl.O=P(O)(O)OP(=O)(O)O.[H-].[H-].[H-].[K+].[Na+].[Na+]. The van der Waals surface area contributed by atoms with Crippen LogP contribution < -0.4 is 110 Å². The minimum absolute atomic E-state index is 0. The average Bonchev–Trinajstić information content (AvgIpc) is 1.14. The van der Waals surface area contributed by atoms with Gasteiger partial charge in [-0.15, -0.1) is 12.4 Å². The van der Waals surface area contributed by atoms with Gasteiger partial charge in [-0.05, 0) is 0 Å². The summed E-state index contributed by atoms with van der Waals surface area (Å²) in [6.07, 6.45) is 0. The predicted molar refractivity (Wildman–Crippen MR) is 35.8 cm³/mol. The second-order valence-corrected chi connectivity index (χ2v) is 3.68. The fraction of sp³-hybridized carbons (Fsp3) is 0. The van der Waals surface area contributed by atoms with Gasteiger partial charge in [0, 0.05) is 0 Å². The van der Waals surface area contributed by atoms with Gasteiger partial charge in [-0.3, -0.25) is 0 Å². The van der Waals surface area contributed by atoms with Gasteiger partial charge in [-0.1, -0.05) is 0 Å². The average molecular weight is 303 g/mol. The van der Waals surface area contributed by atoms with E-state index in [9.17, 15) is 9.13 Å². The van der Waals surface area contributed by atoms with Crippen molar-refractivity contribution in [3.8, 4) is 0 Å². The van der Waals surface area contributed by atoms with Gasteiger partial charge in [0.05, 0.1) is 0 Å². The van der Waals surface area contributed by atoms with Gasteiger partial charge in [0.15, 0.2) is 0 Å². The van der Waals surface area contributed by atoms with E-state index < -0.39 is 15.6 Å². The Kier molecular flexibility index (Phi) is 29.5. The molecule has 0 radical (unpaired) electrons.